The monoisotopic (exact) mass is 569 g/mol. The van der Waals surface area contributed by atoms with Gasteiger partial charge in [-0.2, -0.15) is 0 Å². The molecule has 0 fully saturated rings. The van der Waals surface area contributed by atoms with Crippen molar-refractivity contribution in [3.8, 4) is 11.5 Å². The molecule has 0 aliphatic rings. The van der Waals surface area contributed by atoms with Crippen LogP contribution in [0.1, 0.15) is 62.7 Å². The van der Waals surface area contributed by atoms with Gasteiger partial charge in [0.1, 0.15) is 11.5 Å². The maximum absolute atomic E-state index is 12.4. The molecule has 1 aromatic carbocycles. The van der Waals surface area contributed by atoms with Gasteiger partial charge in [0.05, 0.1) is 52.7 Å². The van der Waals surface area contributed by atoms with Crippen molar-refractivity contribution in [3.63, 3.8) is 0 Å². The Balaban J connectivity index is 1.49. The van der Waals surface area contributed by atoms with Crippen LogP contribution in [0.3, 0.4) is 0 Å². The Bertz CT molecular complexity index is 1450. The van der Waals surface area contributed by atoms with Crippen molar-refractivity contribution in [2.24, 2.45) is 0 Å². The molecule has 0 amide bonds. The number of carboxylic acid groups (broad SMARTS) is 2. The van der Waals surface area contributed by atoms with Gasteiger partial charge in [-0.3, -0.25) is 19.2 Å². The number of ketones is 2. The average Bonchev–Trinajstić information content (AvgIpc) is 3.52. The Morgan fingerprint density at radius 1 is 0.744 bits per heavy atom. The summed E-state index contributed by atoms with van der Waals surface area (Å²) >= 11 is 2.61. The third kappa shape index (κ3) is 6.79. The second-order valence-corrected chi connectivity index (χ2v) is 11.1. The lowest BCUT2D eigenvalue weighted by molar-refractivity contribution is -0.137. The Kier molecular flexibility index (Phi) is 8.93. The number of benzene rings is 1. The second-order valence-electron chi connectivity index (χ2n) is 8.93. The molecule has 0 saturated carbocycles. The van der Waals surface area contributed by atoms with Gasteiger partial charge in [0, 0.05) is 23.6 Å². The zero-order valence-electron chi connectivity index (χ0n) is 21.4. The molecule has 0 atom stereocenters. The lowest BCUT2D eigenvalue weighted by Gasteiger charge is -2.10. The first-order valence-electron chi connectivity index (χ1n) is 12.3. The van der Waals surface area contributed by atoms with E-state index in [1.165, 1.54) is 22.7 Å². The number of fused-ring (bicyclic) bond motifs is 2. The van der Waals surface area contributed by atoms with Crippen molar-refractivity contribution in [2.75, 3.05) is 14.2 Å². The number of carbonyl (C=O) groups excluding carboxylic acids is 2. The number of pyridine rings is 1. The van der Waals surface area contributed by atoms with Gasteiger partial charge in [0.2, 0.25) is 0 Å². The molecule has 204 valence electrons. The molecule has 0 aliphatic carbocycles. The number of rotatable bonds is 14. The highest BCUT2D eigenvalue weighted by atomic mass is 32.1. The largest absolute Gasteiger partial charge is 0.496 e. The maximum atomic E-state index is 12.4. The van der Waals surface area contributed by atoms with E-state index in [0.717, 1.165) is 32.5 Å². The van der Waals surface area contributed by atoms with Crippen molar-refractivity contribution >= 4 is 66.5 Å². The number of aryl methyl sites for hydroxylation is 2. The Morgan fingerprint density at radius 3 is 1.95 bits per heavy atom. The molecule has 9 nitrogen and oxygen atoms in total. The summed E-state index contributed by atoms with van der Waals surface area (Å²) in [5, 5.41) is 18.6. The summed E-state index contributed by atoms with van der Waals surface area (Å²) in [7, 11) is 3.17. The highest BCUT2D eigenvalue weighted by Crippen LogP contribution is 2.35. The minimum absolute atomic E-state index is 0.0343. The number of nitrogens with zero attached hydrogens (tertiary/aromatic N) is 1. The maximum Gasteiger partial charge on any atom is 0.303 e. The van der Waals surface area contributed by atoms with Crippen LogP contribution in [0.25, 0.3) is 20.3 Å². The van der Waals surface area contributed by atoms with Crippen LogP contribution in [-0.4, -0.2) is 52.9 Å². The van der Waals surface area contributed by atoms with E-state index >= 15 is 0 Å². The lowest BCUT2D eigenvalue weighted by Crippen LogP contribution is -2.01. The molecule has 0 unspecified atom stereocenters. The Hall–Kier alpha value is -3.83. The number of Topliss-reactive ketones (excluding diaryl/α,β-unsaturated/α-hetero) is 2. The molecular weight excluding hydrogens is 542 g/mol. The van der Waals surface area contributed by atoms with E-state index in [4.69, 9.17) is 24.7 Å². The molecule has 0 aliphatic heterocycles. The summed E-state index contributed by atoms with van der Waals surface area (Å²) in [6, 6.07) is 9.27. The standard InChI is InChI=1S/C28H27NO8S2/c1-36-21-13-23-16(11-25(38-23)19(30)6-8-27(32)33)10-15(21)4-3-5-17-22(37-2)14-24-18(29-17)12-26(39-24)20(31)7-9-28(34)35/h10-14H,3-9H2,1-2H3,(H,32,33)(H,34,35). The van der Waals surface area contributed by atoms with Crippen LogP contribution >= 0.6 is 22.7 Å². The lowest BCUT2D eigenvalue weighted by atomic mass is 10.0. The summed E-state index contributed by atoms with van der Waals surface area (Å²) in [5.74, 6) is -1.07. The van der Waals surface area contributed by atoms with E-state index in [1.54, 1.807) is 26.4 Å². The van der Waals surface area contributed by atoms with E-state index in [2.05, 4.69) is 0 Å². The zero-order chi connectivity index (χ0) is 28.1. The minimum atomic E-state index is -1.01. The highest BCUT2D eigenvalue weighted by Gasteiger charge is 2.17. The van der Waals surface area contributed by atoms with E-state index < -0.39 is 11.9 Å². The Morgan fingerprint density at radius 2 is 1.33 bits per heavy atom. The van der Waals surface area contributed by atoms with Gasteiger partial charge in [0.15, 0.2) is 11.6 Å². The molecule has 0 bridgehead atoms. The number of carboxylic acids is 2. The fourth-order valence-corrected chi connectivity index (χ4v) is 6.29. The van der Waals surface area contributed by atoms with Crippen molar-refractivity contribution in [1.29, 1.82) is 0 Å². The highest BCUT2D eigenvalue weighted by molar-refractivity contribution is 7.21. The smallest absolute Gasteiger partial charge is 0.303 e. The van der Waals surface area contributed by atoms with Crippen LogP contribution < -0.4 is 9.47 Å². The number of thiophene rings is 2. The number of aromatic nitrogens is 1. The van der Waals surface area contributed by atoms with Crippen molar-refractivity contribution in [3.05, 3.63) is 51.3 Å². The molecule has 3 aromatic heterocycles. The zero-order valence-corrected chi connectivity index (χ0v) is 23.1. The van der Waals surface area contributed by atoms with Crippen LogP contribution in [0.15, 0.2) is 30.3 Å². The van der Waals surface area contributed by atoms with Crippen LogP contribution in [-0.2, 0) is 22.4 Å². The number of aliphatic carboxylic acids is 2. The predicted octanol–water partition coefficient (Wildman–Crippen LogP) is 5.80. The topological polar surface area (TPSA) is 140 Å². The van der Waals surface area contributed by atoms with E-state index in [1.807, 2.05) is 18.2 Å². The molecule has 0 spiro atoms. The fraction of sp³-hybridized carbons (Fsp3) is 0.321. The quantitative estimate of drug-likeness (QED) is 0.180. The third-order valence-electron chi connectivity index (χ3n) is 6.22. The van der Waals surface area contributed by atoms with Crippen LogP contribution in [0.2, 0.25) is 0 Å². The summed E-state index contributed by atoms with van der Waals surface area (Å²) in [6.45, 7) is 0. The third-order valence-corrected chi connectivity index (χ3v) is 8.47. The van der Waals surface area contributed by atoms with E-state index in [9.17, 15) is 19.2 Å². The molecule has 4 rings (SSSR count). The molecule has 2 N–H and O–H groups in total. The molecule has 3 heterocycles. The summed E-state index contributed by atoms with van der Waals surface area (Å²) in [5.41, 5.74) is 2.41. The van der Waals surface area contributed by atoms with Gasteiger partial charge in [0.25, 0.3) is 0 Å². The van der Waals surface area contributed by atoms with Crippen LogP contribution in [0.5, 0.6) is 11.5 Å². The predicted molar refractivity (Wildman–Crippen MR) is 149 cm³/mol. The van der Waals surface area contributed by atoms with Crippen molar-refractivity contribution in [1.82, 2.24) is 4.98 Å². The van der Waals surface area contributed by atoms with Gasteiger partial charge in [-0.25, -0.2) is 4.98 Å². The minimum Gasteiger partial charge on any atom is -0.496 e. The molecule has 0 radical (unpaired) electrons. The normalized spacial score (nSPS) is 11.1. The van der Waals surface area contributed by atoms with Crippen molar-refractivity contribution in [2.45, 2.75) is 44.9 Å². The fourth-order valence-electron chi connectivity index (χ4n) is 4.25. The summed E-state index contributed by atoms with van der Waals surface area (Å²) < 4.78 is 12.9. The van der Waals surface area contributed by atoms with Gasteiger partial charge in [-0.15, -0.1) is 22.7 Å². The number of methoxy groups -OCH3 is 2. The van der Waals surface area contributed by atoms with E-state index in [-0.39, 0.29) is 37.2 Å². The molecular formula is C28H27NO8S2. The summed E-state index contributed by atoms with van der Waals surface area (Å²) in [4.78, 5) is 52.1. The first-order chi connectivity index (χ1) is 18.7. The number of hydrogen-bond donors (Lipinski definition) is 2. The van der Waals surface area contributed by atoms with Crippen LogP contribution in [0, 0.1) is 0 Å². The summed E-state index contributed by atoms with van der Waals surface area (Å²) in [6.07, 6.45) is 1.54. The average molecular weight is 570 g/mol. The second kappa shape index (κ2) is 12.4. The molecule has 0 saturated heterocycles. The molecule has 4 aromatic rings. The van der Waals surface area contributed by atoms with E-state index in [0.29, 0.717) is 39.6 Å². The number of ether oxygens (including phenoxy) is 2. The molecule has 39 heavy (non-hydrogen) atoms. The van der Waals surface area contributed by atoms with Gasteiger partial charge >= 0.3 is 11.9 Å². The number of carbonyl (C=O) groups is 4. The molecule has 11 heteroatoms. The van der Waals surface area contributed by atoms with Gasteiger partial charge in [-0.1, -0.05) is 0 Å². The first-order valence-corrected chi connectivity index (χ1v) is 13.9. The van der Waals surface area contributed by atoms with Gasteiger partial charge in [-0.05, 0) is 54.5 Å². The Labute approximate surface area is 232 Å². The number of hydrogen-bond acceptors (Lipinski definition) is 9. The SMILES string of the molecule is COc1cc2sc(C(=O)CCC(=O)O)cc2cc1CCCc1nc2cc(C(=O)CCC(=O)O)sc2cc1OC. The van der Waals surface area contributed by atoms with Crippen molar-refractivity contribution < 1.29 is 38.9 Å². The van der Waals surface area contributed by atoms with Gasteiger partial charge < -0.3 is 19.7 Å². The van der Waals surface area contributed by atoms with Crippen LogP contribution in [0.4, 0.5) is 0 Å². The first kappa shape index (κ1) is 28.2.